The summed E-state index contributed by atoms with van der Waals surface area (Å²) in [6, 6.07) is 74.6. The molecule has 0 saturated carbocycles. The summed E-state index contributed by atoms with van der Waals surface area (Å²) in [7, 11) is 0. The van der Waals surface area contributed by atoms with Gasteiger partial charge in [-0.1, -0.05) is 188 Å². The third-order valence-electron chi connectivity index (χ3n) is 11.2. The predicted molar refractivity (Wildman–Crippen MR) is 233 cm³/mol. The van der Waals surface area contributed by atoms with E-state index in [2.05, 4.69) is 206 Å². The third kappa shape index (κ3) is 5.16. The normalized spacial score (nSPS) is 11.6. The minimum absolute atomic E-state index is 0.909. The van der Waals surface area contributed by atoms with Crippen LogP contribution in [0, 0.1) is 0 Å². The SMILES string of the molecule is c1ccc(-c2c3ccccc3c(-c3ccccc3)c3cc(-c4cccc(-c5cccc6c5oc5c(-c7ccc8ccccc8c7)cccc56)c4)ccc23)cc1. The molecule has 0 amide bonds. The molecule has 0 aliphatic carbocycles. The first-order valence-corrected chi connectivity index (χ1v) is 18.9. The summed E-state index contributed by atoms with van der Waals surface area (Å²) < 4.78 is 6.90. The van der Waals surface area contributed by atoms with E-state index in [1.807, 2.05) is 0 Å². The lowest BCUT2D eigenvalue weighted by Gasteiger charge is -2.19. The molecule has 1 heteroatoms. The van der Waals surface area contributed by atoms with E-state index in [1.165, 1.54) is 60.1 Å². The lowest BCUT2D eigenvalue weighted by molar-refractivity contribution is 0.671. The van der Waals surface area contributed by atoms with Gasteiger partial charge in [-0.3, -0.25) is 0 Å². The zero-order valence-electron chi connectivity index (χ0n) is 30.0. The molecule has 0 N–H and O–H groups in total. The molecular weight excluding hydrogens is 665 g/mol. The van der Waals surface area contributed by atoms with E-state index >= 15 is 0 Å². The lowest BCUT2D eigenvalue weighted by Crippen LogP contribution is -1.91. The van der Waals surface area contributed by atoms with Crippen molar-refractivity contribution in [2.75, 3.05) is 0 Å². The Balaban J connectivity index is 1.09. The van der Waals surface area contributed by atoms with Crippen molar-refractivity contribution in [3.63, 3.8) is 0 Å². The monoisotopic (exact) mass is 698 g/mol. The summed E-state index contributed by atoms with van der Waals surface area (Å²) in [4.78, 5) is 0. The number of benzene rings is 10. The van der Waals surface area contributed by atoms with Gasteiger partial charge in [0.15, 0.2) is 0 Å². The largest absolute Gasteiger partial charge is 0.455 e. The van der Waals surface area contributed by atoms with Crippen molar-refractivity contribution in [3.05, 3.63) is 206 Å². The summed E-state index contributed by atoms with van der Waals surface area (Å²) in [6.07, 6.45) is 0. The molecule has 0 unspecified atom stereocenters. The van der Waals surface area contributed by atoms with Gasteiger partial charge < -0.3 is 4.42 Å². The summed E-state index contributed by atoms with van der Waals surface area (Å²) in [5.74, 6) is 0. The van der Waals surface area contributed by atoms with Gasteiger partial charge in [-0.15, -0.1) is 0 Å². The molecule has 0 radical (unpaired) electrons. The van der Waals surface area contributed by atoms with Gasteiger partial charge in [0.05, 0.1) is 0 Å². The zero-order valence-corrected chi connectivity index (χ0v) is 30.0. The van der Waals surface area contributed by atoms with E-state index in [9.17, 15) is 0 Å². The second-order valence-corrected chi connectivity index (χ2v) is 14.4. The number of hydrogen-bond donors (Lipinski definition) is 0. The Labute approximate surface area is 319 Å². The fourth-order valence-corrected chi connectivity index (χ4v) is 8.69. The Bertz CT molecular complexity index is 3240. The number of rotatable bonds is 5. The lowest BCUT2D eigenvalue weighted by atomic mass is 9.85. The molecule has 10 aromatic carbocycles. The van der Waals surface area contributed by atoms with Crippen molar-refractivity contribution in [2.45, 2.75) is 0 Å². The van der Waals surface area contributed by atoms with Crippen LogP contribution in [0.25, 0.3) is 110 Å². The van der Waals surface area contributed by atoms with Crippen molar-refractivity contribution in [3.8, 4) is 55.6 Å². The first-order valence-electron chi connectivity index (χ1n) is 18.9. The van der Waals surface area contributed by atoms with Gasteiger partial charge in [0.1, 0.15) is 11.2 Å². The van der Waals surface area contributed by atoms with Crippen LogP contribution in [0.5, 0.6) is 0 Å². The summed E-state index contributed by atoms with van der Waals surface area (Å²) in [6.45, 7) is 0. The number of para-hydroxylation sites is 2. The van der Waals surface area contributed by atoms with Crippen LogP contribution in [0.2, 0.25) is 0 Å². The van der Waals surface area contributed by atoms with Crippen molar-refractivity contribution in [1.82, 2.24) is 0 Å². The molecule has 256 valence electrons. The van der Waals surface area contributed by atoms with E-state index in [-0.39, 0.29) is 0 Å². The quantitative estimate of drug-likeness (QED) is 0.163. The maximum atomic E-state index is 6.90. The van der Waals surface area contributed by atoms with Gasteiger partial charge in [-0.2, -0.15) is 0 Å². The second kappa shape index (κ2) is 12.7. The smallest absolute Gasteiger partial charge is 0.143 e. The van der Waals surface area contributed by atoms with Gasteiger partial charge in [0.25, 0.3) is 0 Å². The second-order valence-electron chi connectivity index (χ2n) is 14.4. The van der Waals surface area contributed by atoms with Crippen LogP contribution in [-0.4, -0.2) is 0 Å². The first-order chi connectivity index (χ1) is 27.3. The summed E-state index contributed by atoms with van der Waals surface area (Å²) in [5.41, 5.74) is 13.6. The summed E-state index contributed by atoms with van der Waals surface area (Å²) in [5, 5.41) is 9.72. The minimum Gasteiger partial charge on any atom is -0.455 e. The van der Waals surface area contributed by atoms with Crippen LogP contribution in [0.3, 0.4) is 0 Å². The Morgan fingerprint density at radius 3 is 1.36 bits per heavy atom. The highest BCUT2D eigenvalue weighted by atomic mass is 16.3. The van der Waals surface area contributed by atoms with Crippen molar-refractivity contribution < 1.29 is 4.42 Å². The van der Waals surface area contributed by atoms with Crippen LogP contribution < -0.4 is 0 Å². The molecule has 0 bridgehead atoms. The average Bonchev–Trinajstić information content (AvgIpc) is 3.65. The summed E-state index contributed by atoms with van der Waals surface area (Å²) >= 11 is 0. The van der Waals surface area contributed by atoms with Gasteiger partial charge >= 0.3 is 0 Å². The highest BCUT2D eigenvalue weighted by Crippen LogP contribution is 2.46. The first kappa shape index (κ1) is 31.3. The third-order valence-corrected chi connectivity index (χ3v) is 11.2. The molecule has 0 aliphatic rings. The molecule has 55 heavy (non-hydrogen) atoms. The Hall–Kier alpha value is -7.22. The Kier molecular flexibility index (Phi) is 7.25. The van der Waals surface area contributed by atoms with Crippen molar-refractivity contribution in [2.24, 2.45) is 0 Å². The fourth-order valence-electron chi connectivity index (χ4n) is 8.69. The molecule has 0 spiro atoms. The molecule has 0 atom stereocenters. The molecule has 1 nitrogen and oxygen atoms in total. The fraction of sp³-hybridized carbons (Fsp3) is 0. The molecule has 1 aromatic heterocycles. The number of furan rings is 1. The highest BCUT2D eigenvalue weighted by molar-refractivity contribution is 6.22. The van der Waals surface area contributed by atoms with Crippen LogP contribution >= 0.6 is 0 Å². The van der Waals surface area contributed by atoms with Gasteiger partial charge in [0, 0.05) is 21.9 Å². The maximum absolute atomic E-state index is 6.90. The van der Waals surface area contributed by atoms with Gasteiger partial charge in [-0.05, 0) is 95.0 Å². The minimum atomic E-state index is 0.909. The predicted octanol–water partition coefficient (Wildman–Crippen LogP) is 15.4. The number of fused-ring (bicyclic) bond motifs is 6. The van der Waals surface area contributed by atoms with Crippen LogP contribution in [0.1, 0.15) is 0 Å². The van der Waals surface area contributed by atoms with E-state index in [0.717, 1.165) is 49.8 Å². The molecule has 0 aliphatic heterocycles. The van der Waals surface area contributed by atoms with Gasteiger partial charge in [-0.25, -0.2) is 0 Å². The topological polar surface area (TPSA) is 13.1 Å². The van der Waals surface area contributed by atoms with E-state index in [0.29, 0.717) is 0 Å². The van der Waals surface area contributed by atoms with Crippen LogP contribution in [0.4, 0.5) is 0 Å². The Morgan fingerprint density at radius 1 is 0.236 bits per heavy atom. The molecular formula is C54H34O. The van der Waals surface area contributed by atoms with E-state index in [1.54, 1.807) is 0 Å². The highest BCUT2D eigenvalue weighted by Gasteiger charge is 2.19. The molecule has 1 heterocycles. The number of hydrogen-bond acceptors (Lipinski definition) is 1. The van der Waals surface area contributed by atoms with Crippen molar-refractivity contribution in [1.29, 1.82) is 0 Å². The Morgan fingerprint density at radius 2 is 0.691 bits per heavy atom. The molecule has 11 aromatic rings. The zero-order chi connectivity index (χ0) is 36.3. The average molecular weight is 699 g/mol. The maximum Gasteiger partial charge on any atom is 0.143 e. The van der Waals surface area contributed by atoms with Crippen LogP contribution in [0.15, 0.2) is 211 Å². The molecule has 0 saturated heterocycles. The van der Waals surface area contributed by atoms with E-state index < -0.39 is 0 Å². The van der Waals surface area contributed by atoms with E-state index in [4.69, 9.17) is 4.42 Å². The molecule has 0 fully saturated rings. The van der Waals surface area contributed by atoms with Crippen molar-refractivity contribution >= 4 is 54.3 Å². The van der Waals surface area contributed by atoms with Crippen LogP contribution in [-0.2, 0) is 0 Å². The standard InChI is InChI=1S/C54H34O/c1-3-15-36(16-4-1)51-45-22-9-10-23-46(45)52(37-17-5-2-6-18-37)50-34-40(30-31-47(50)51)39-20-11-21-41(33-39)43-24-12-26-48-49-27-13-25-44(54(49)55-53(43)48)42-29-28-35-14-7-8-19-38(35)32-42/h1-34H. The molecule has 11 rings (SSSR count). The van der Waals surface area contributed by atoms with Gasteiger partial charge in [0.2, 0.25) is 0 Å².